The summed E-state index contributed by atoms with van der Waals surface area (Å²) < 4.78 is 0. The third kappa shape index (κ3) is 7.66. The molecule has 106 valence electrons. The van der Waals surface area contributed by atoms with Crippen LogP contribution in [-0.2, 0) is 17.6 Å². The molecule has 0 heterocycles. The van der Waals surface area contributed by atoms with Crippen LogP contribution < -0.4 is 5.73 Å². The van der Waals surface area contributed by atoms with Crippen molar-refractivity contribution in [3.05, 3.63) is 35.4 Å². The summed E-state index contributed by atoms with van der Waals surface area (Å²) in [5, 5.41) is 0. The van der Waals surface area contributed by atoms with Crippen molar-refractivity contribution < 1.29 is 4.79 Å². The molecule has 0 unspecified atom stereocenters. The van der Waals surface area contributed by atoms with Crippen LogP contribution in [0.5, 0.6) is 0 Å². The largest absolute Gasteiger partial charge is 0.370 e. The number of rotatable bonds is 10. The SMILES string of the molecule is CCCCCCCc1ccc(CCCC(N)=O)cc1. The van der Waals surface area contributed by atoms with Crippen molar-refractivity contribution in [3.8, 4) is 0 Å². The summed E-state index contributed by atoms with van der Waals surface area (Å²) in [6.45, 7) is 2.25. The van der Waals surface area contributed by atoms with Crippen LogP contribution in [0.4, 0.5) is 0 Å². The summed E-state index contributed by atoms with van der Waals surface area (Å²) in [5.41, 5.74) is 7.86. The molecule has 0 radical (unpaired) electrons. The highest BCUT2D eigenvalue weighted by molar-refractivity contribution is 5.73. The van der Waals surface area contributed by atoms with Gasteiger partial charge in [0.05, 0.1) is 0 Å². The fourth-order valence-electron chi connectivity index (χ4n) is 2.27. The van der Waals surface area contributed by atoms with Gasteiger partial charge in [-0.3, -0.25) is 4.79 Å². The van der Waals surface area contributed by atoms with Gasteiger partial charge in [-0.2, -0.15) is 0 Å². The van der Waals surface area contributed by atoms with Gasteiger partial charge in [0.1, 0.15) is 0 Å². The standard InChI is InChI=1S/C17H27NO/c1-2-3-4-5-6-8-15-11-13-16(14-12-15)9-7-10-17(18)19/h11-14H,2-10H2,1H3,(H2,18,19). The molecule has 2 heteroatoms. The Balaban J connectivity index is 2.21. The van der Waals surface area contributed by atoms with Gasteiger partial charge < -0.3 is 5.73 Å². The van der Waals surface area contributed by atoms with Gasteiger partial charge in [0.15, 0.2) is 0 Å². The van der Waals surface area contributed by atoms with E-state index in [4.69, 9.17) is 5.73 Å². The second-order valence-electron chi connectivity index (χ2n) is 5.30. The van der Waals surface area contributed by atoms with E-state index in [1.54, 1.807) is 0 Å². The van der Waals surface area contributed by atoms with E-state index in [1.807, 2.05) is 0 Å². The first-order chi connectivity index (χ1) is 9.22. The van der Waals surface area contributed by atoms with Crippen molar-refractivity contribution in [1.82, 2.24) is 0 Å². The molecule has 2 nitrogen and oxygen atoms in total. The lowest BCUT2D eigenvalue weighted by Crippen LogP contribution is -2.10. The van der Waals surface area contributed by atoms with Crippen LogP contribution in [-0.4, -0.2) is 5.91 Å². The maximum absolute atomic E-state index is 10.7. The third-order valence-corrected chi connectivity index (χ3v) is 3.48. The lowest BCUT2D eigenvalue weighted by molar-refractivity contribution is -0.118. The quantitative estimate of drug-likeness (QED) is 0.635. The fourth-order valence-corrected chi connectivity index (χ4v) is 2.27. The van der Waals surface area contributed by atoms with Crippen molar-refractivity contribution >= 4 is 5.91 Å². The Morgan fingerprint density at radius 1 is 0.895 bits per heavy atom. The molecule has 0 saturated carbocycles. The van der Waals surface area contributed by atoms with E-state index >= 15 is 0 Å². The van der Waals surface area contributed by atoms with Crippen LogP contribution in [0.2, 0.25) is 0 Å². The Bertz CT molecular complexity index is 356. The van der Waals surface area contributed by atoms with E-state index < -0.39 is 0 Å². The lowest BCUT2D eigenvalue weighted by atomic mass is 10.0. The highest BCUT2D eigenvalue weighted by atomic mass is 16.1. The molecular formula is C17H27NO. The van der Waals surface area contributed by atoms with Crippen molar-refractivity contribution in [3.63, 3.8) is 0 Å². The number of primary amides is 1. The number of hydrogen-bond donors (Lipinski definition) is 1. The highest BCUT2D eigenvalue weighted by Crippen LogP contribution is 2.12. The smallest absolute Gasteiger partial charge is 0.217 e. The summed E-state index contributed by atoms with van der Waals surface area (Å²) in [7, 11) is 0. The minimum Gasteiger partial charge on any atom is -0.370 e. The Labute approximate surface area is 117 Å². The molecule has 0 bridgehead atoms. The summed E-state index contributed by atoms with van der Waals surface area (Å²) in [6, 6.07) is 8.81. The molecule has 0 aliphatic carbocycles. The maximum Gasteiger partial charge on any atom is 0.217 e. The number of nitrogens with two attached hydrogens (primary N) is 1. The second kappa shape index (κ2) is 9.60. The van der Waals surface area contributed by atoms with E-state index in [-0.39, 0.29) is 5.91 Å². The monoisotopic (exact) mass is 261 g/mol. The Morgan fingerprint density at radius 2 is 1.42 bits per heavy atom. The van der Waals surface area contributed by atoms with E-state index in [1.165, 1.54) is 49.7 Å². The number of carbonyl (C=O) groups is 1. The average Bonchev–Trinajstić information content (AvgIpc) is 2.40. The van der Waals surface area contributed by atoms with Crippen LogP contribution >= 0.6 is 0 Å². The molecule has 19 heavy (non-hydrogen) atoms. The van der Waals surface area contributed by atoms with E-state index in [0.29, 0.717) is 6.42 Å². The minimum absolute atomic E-state index is 0.205. The van der Waals surface area contributed by atoms with Crippen molar-refractivity contribution in [2.75, 3.05) is 0 Å². The average molecular weight is 261 g/mol. The Morgan fingerprint density at radius 3 is 1.95 bits per heavy atom. The van der Waals surface area contributed by atoms with Crippen LogP contribution in [0.25, 0.3) is 0 Å². The first-order valence-electron chi connectivity index (χ1n) is 7.58. The van der Waals surface area contributed by atoms with Crippen LogP contribution in [0.1, 0.15) is 63.0 Å². The Hall–Kier alpha value is -1.31. The van der Waals surface area contributed by atoms with Crippen molar-refractivity contribution in [2.24, 2.45) is 5.73 Å². The summed E-state index contributed by atoms with van der Waals surface area (Å²) in [5.74, 6) is -0.205. The molecule has 1 aromatic carbocycles. The number of aryl methyl sites for hydroxylation is 2. The molecule has 1 rings (SSSR count). The van der Waals surface area contributed by atoms with Gasteiger partial charge in [0, 0.05) is 6.42 Å². The number of hydrogen-bond acceptors (Lipinski definition) is 1. The highest BCUT2D eigenvalue weighted by Gasteiger charge is 1.98. The van der Waals surface area contributed by atoms with Crippen LogP contribution in [0.15, 0.2) is 24.3 Å². The molecule has 0 aromatic heterocycles. The number of amides is 1. The third-order valence-electron chi connectivity index (χ3n) is 3.48. The predicted octanol–water partition coefficient (Wildman–Crippen LogP) is 4.01. The summed E-state index contributed by atoms with van der Waals surface area (Å²) >= 11 is 0. The van der Waals surface area contributed by atoms with Crippen molar-refractivity contribution in [2.45, 2.75) is 64.7 Å². The fraction of sp³-hybridized carbons (Fsp3) is 0.588. The van der Waals surface area contributed by atoms with Gasteiger partial charge in [0.25, 0.3) is 0 Å². The van der Waals surface area contributed by atoms with Gasteiger partial charge in [0.2, 0.25) is 5.91 Å². The zero-order chi connectivity index (χ0) is 13.9. The second-order valence-corrected chi connectivity index (χ2v) is 5.30. The van der Waals surface area contributed by atoms with Gasteiger partial charge in [-0.05, 0) is 36.8 Å². The number of carbonyl (C=O) groups excluding carboxylic acids is 1. The van der Waals surface area contributed by atoms with Gasteiger partial charge >= 0.3 is 0 Å². The number of unbranched alkanes of at least 4 members (excludes halogenated alkanes) is 4. The molecule has 1 aromatic rings. The molecule has 0 spiro atoms. The van der Waals surface area contributed by atoms with Gasteiger partial charge in [-0.1, -0.05) is 56.9 Å². The summed E-state index contributed by atoms with van der Waals surface area (Å²) in [4.78, 5) is 10.7. The predicted molar refractivity (Wildman–Crippen MR) is 81.0 cm³/mol. The topological polar surface area (TPSA) is 43.1 Å². The van der Waals surface area contributed by atoms with Crippen molar-refractivity contribution in [1.29, 1.82) is 0 Å². The van der Waals surface area contributed by atoms with Crippen LogP contribution in [0.3, 0.4) is 0 Å². The zero-order valence-corrected chi connectivity index (χ0v) is 12.2. The molecular weight excluding hydrogens is 234 g/mol. The lowest BCUT2D eigenvalue weighted by Gasteiger charge is -2.04. The molecule has 0 atom stereocenters. The molecule has 0 fully saturated rings. The molecule has 0 aliphatic rings. The van der Waals surface area contributed by atoms with Gasteiger partial charge in [-0.25, -0.2) is 0 Å². The Kier molecular flexibility index (Phi) is 7.95. The maximum atomic E-state index is 10.7. The normalized spacial score (nSPS) is 10.6. The van der Waals surface area contributed by atoms with E-state index in [0.717, 1.165) is 12.8 Å². The first kappa shape index (κ1) is 15.7. The molecule has 1 amide bonds. The van der Waals surface area contributed by atoms with Gasteiger partial charge in [-0.15, -0.1) is 0 Å². The van der Waals surface area contributed by atoms with Crippen LogP contribution in [0, 0.1) is 0 Å². The van der Waals surface area contributed by atoms with E-state index in [2.05, 4.69) is 31.2 Å². The molecule has 0 aliphatic heterocycles. The molecule has 0 saturated heterocycles. The minimum atomic E-state index is -0.205. The zero-order valence-electron chi connectivity index (χ0n) is 12.2. The first-order valence-corrected chi connectivity index (χ1v) is 7.58. The number of benzene rings is 1. The summed E-state index contributed by atoms with van der Waals surface area (Å²) in [6.07, 6.45) is 10.1. The molecule has 2 N–H and O–H groups in total. The van der Waals surface area contributed by atoms with E-state index in [9.17, 15) is 4.79 Å².